The Bertz CT molecular complexity index is 1070. The number of nitrogens with one attached hydrogen (secondary N) is 1. The standard InChI is InChI=1S/C24H26BrF2N3O2/c1-32-22-7-6-20-24(30-22)17(8-9-28-20)21(31)12-14-2-4-16(5-3-14)29-13-15-10-18(26)23(25)19(27)11-15/h6-11,14,16,21,29,31H,2-5,12-13H2,1H3. The topological polar surface area (TPSA) is 67.3 Å². The highest BCUT2D eigenvalue weighted by atomic mass is 79.9. The Balaban J connectivity index is 1.32. The average Bonchev–Trinajstić information content (AvgIpc) is 2.81. The number of benzene rings is 1. The number of aromatic nitrogens is 2. The molecule has 0 aliphatic heterocycles. The van der Waals surface area contributed by atoms with Gasteiger partial charge in [-0.3, -0.25) is 4.98 Å². The summed E-state index contributed by atoms with van der Waals surface area (Å²) >= 11 is 2.90. The zero-order chi connectivity index (χ0) is 22.7. The third kappa shape index (κ3) is 5.24. The summed E-state index contributed by atoms with van der Waals surface area (Å²) < 4.78 is 32.5. The van der Waals surface area contributed by atoms with Gasteiger partial charge in [-0.15, -0.1) is 0 Å². The normalized spacial score (nSPS) is 19.8. The third-order valence-corrected chi connectivity index (χ3v) is 6.96. The van der Waals surface area contributed by atoms with Crippen molar-refractivity contribution >= 4 is 27.0 Å². The van der Waals surface area contributed by atoms with Crippen LogP contribution in [-0.4, -0.2) is 28.2 Å². The lowest BCUT2D eigenvalue weighted by molar-refractivity contribution is 0.127. The van der Waals surface area contributed by atoms with Crippen molar-refractivity contribution in [3.63, 3.8) is 0 Å². The van der Waals surface area contributed by atoms with Crippen molar-refractivity contribution in [2.45, 2.75) is 50.8 Å². The van der Waals surface area contributed by atoms with E-state index in [1.807, 2.05) is 12.1 Å². The summed E-state index contributed by atoms with van der Waals surface area (Å²) in [7, 11) is 1.57. The number of rotatable bonds is 7. The van der Waals surface area contributed by atoms with E-state index in [0.29, 0.717) is 41.9 Å². The minimum absolute atomic E-state index is 0.129. The molecule has 32 heavy (non-hydrogen) atoms. The minimum Gasteiger partial charge on any atom is -0.481 e. The highest BCUT2D eigenvalue weighted by Gasteiger charge is 2.25. The van der Waals surface area contributed by atoms with Crippen molar-refractivity contribution in [1.29, 1.82) is 0 Å². The van der Waals surface area contributed by atoms with Gasteiger partial charge in [0.25, 0.3) is 0 Å². The van der Waals surface area contributed by atoms with Gasteiger partial charge in [-0.05, 0) is 83.8 Å². The monoisotopic (exact) mass is 505 g/mol. The molecule has 1 atom stereocenters. The summed E-state index contributed by atoms with van der Waals surface area (Å²) in [6, 6.07) is 8.43. The molecule has 8 heteroatoms. The predicted molar refractivity (Wildman–Crippen MR) is 122 cm³/mol. The lowest BCUT2D eigenvalue weighted by Crippen LogP contribution is -2.33. The number of ether oxygens (including phenoxy) is 1. The second-order valence-corrected chi connectivity index (χ2v) is 9.14. The largest absolute Gasteiger partial charge is 0.481 e. The number of hydrogen-bond donors (Lipinski definition) is 2. The van der Waals surface area contributed by atoms with E-state index in [2.05, 4.69) is 31.2 Å². The molecule has 2 N–H and O–H groups in total. The van der Waals surface area contributed by atoms with Gasteiger partial charge in [0, 0.05) is 30.4 Å². The maximum absolute atomic E-state index is 13.7. The molecular weight excluding hydrogens is 480 g/mol. The predicted octanol–water partition coefficient (Wildman–Crippen LogP) is 5.45. The smallest absolute Gasteiger partial charge is 0.213 e. The van der Waals surface area contributed by atoms with Gasteiger partial charge >= 0.3 is 0 Å². The van der Waals surface area contributed by atoms with Crippen LogP contribution in [0, 0.1) is 17.6 Å². The number of pyridine rings is 2. The summed E-state index contributed by atoms with van der Waals surface area (Å²) in [4.78, 5) is 8.81. The molecule has 0 bridgehead atoms. The molecule has 1 fully saturated rings. The van der Waals surface area contributed by atoms with E-state index in [9.17, 15) is 13.9 Å². The molecule has 1 aliphatic rings. The van der Waals surface area contributed by atoms with Crippen molar-refractivity contribution in [2.24, 2.45) is 5.92 Å². The average molecular weight is 506 g/mol. The summed E-state index contributed by atoms with van der Waals surface area (Å²) in [5.41, 5.74) is 2.77. The van der Waals surface area contributed by atoms with Crippen molar-refractivity contribution < 1.29 is 18.6 Å². The fraction of sp³-hybridized carbons (Fsp3) is 0.417. The van der Waals surface area contributed by atoms with E-state index >= 15 is 0 Å². The molecule has 0 saturated heterocycles. The van der Waals surface area contributed by atoms with Gasteiger partial charge in [-0.25, -0.2) is 13.8 Å². The molecule has 1 saturated carbocycles. The molecule has 4 rings (SSSR count). The van der Waals surface area contributed by atoms with Crippen molar-refractivity contribution in [1.82, 2.24) is 15.3 Å². The Hall–Kier alpha value is -2.16. The van der Waals surface area contributed by atoms with Gasteiger partial charge in [-0.2, -0.15) is 0 Å². The van der Waals surface area contributed by atoms with Crippen LogP contribution in [0.25, 0.3) is 11.0 Å². The lowest BCUT2D eigenvalue weighted by atomic mass is 9.81. The van der Waals surface area contributed by atoms with Gasteiger partial charge in [0.2, 0.25) is 5.88 Å². The molecule has 0 radical (unpaired) electrons. The molecule has 1 aliphatic carbocycles. The number of fused-ring (bicyclic) bond motifs is 1. The Morgan fingerprint density at radius 1 is 1.16 bits per heavy atom. The van der Waals surface area contributed by atoms with E-state index < -0.39 is 17.7 Å². The maximum Gasteiger partial charge on any atom is 0.213 e. The van der Waals surface area contributed by atoms with Crippen LogP contribution in [0.5, 0.6) is 5.88 Å². The molecule has 170 valence electrons. The van der Waals surface area contributed by atoms with Crippen LogP contribution in [0.4, 0.5) is 8.78 Å². The van der Waals surface area contributed by atoms with Crippen LogP contribution in [0.3, 0.4) is 0 Å². The van der Waals surface area contributed by atoms with Crippen molar-refractivity contribution in [3.05, 3.63) is 63.8 Å². The molecule has 1 aromatic carbocycles. The minimum atomic E-state index is -0.622. The summed E-state index contributed by atoms with van der Waals surface area (Å²) in [6.45, 7) is 0.426. The lowest BCUT2D eigenvalue weighted by Gasteiger charge is -2.30. The van der Waals surface area contributed by atoms with Gasteiger partial charge < -0.3 is 15.2 Å². The zero-order valence-electron chi connectivity index (χ0n) is 17.8. The summed E-state index contributed by atoms with van der Waals surface area (Å²) in [5, 5.41) is 14.3. The number of methoxy groups -OCH3 is 1. The van der Waals surface area contributed by atoms with Crippen LogP contribution in [-0.2, 0) is 6.54 Å². The molecule has 2 aromatic heterocycles. The van der Waals surface area contributed by atoms with Crippen LogP contribution < -0.4 is 10.1 Å². The van der Waals surface area contributed by atoms with Crippen LogP contribution in [0.1, 0.15) is 49.3 Å². The van der Waals surface area contributed by atoms with Gasteiger partial charge in [0.15, 0.2) is 0 Å². The Kier molecular flexibility index (Phi) is 7.33. The second-order valence-electron chi connectivity index (χ2n) is 8.35. The van der Waals surface area contributed by atoms with E-state index in [1.54, 1.807) is 19.4 Å². The quantitative estimate of drug-likeness (QED) is 0.417. The van der Waals surface area contributed by atoms with E-state index in [1.165, 1.54) is 12.1 Å². The van der Waals surface area contributed by atoms with Crippen LogP contribution >= 0.6 is 15.9 Å². The van der Waals surface area contributed by atoms with Gasteiger partial charge in [0.1, 0.15) is 11.6 Å². The Morgan fingerprint density at radius 2 is 1.88 bits per heavy atom. The first-order valence-electron chi connectivity index (χ1n) is 10.8. The first-order chi connectivity index (χ1) is 15.4. The number of aliphatic hydroxyl groups is 1. The molecule has 1 unspecified atom stereocenters. The Labute approximate surface area is 194 Å². The summed E-state index contributed by atoms with van der Waals surface area (Å²) in [5.74, 6) is -0.277. The number of nitrogens with zero attached hydrogens (tertiary/aromatic N) is 2. The van der Waals surface area contributed by atoms with Crippen LogP contribution in [0.15, 0.2) is 41.0 Å². The van der Waals surface area contributed by atoms with Gasteiger partial charge in [-0.1, -0.05) is 0 Å². The van der Waals surface area contributed by atoms with E-state index in [0.717, 1.165) is 36.8 Å². The fourth-order valence-corrected chi connectivity index (χ4v) is 4.66. The highest BCUT2D eigenvalue weighted by Crippen LogP contribution is 2.34. The number of hydrogen-bond acceptors (Lipinski definition) is 5. The zero-order valence-corrected chi connectivity index (χ0v) is 19.4. The number of halogens is 3. The summed E-state index contributed by atoms with van der Waals surface area (Å²) in [6.07, 6.45) is 5.62. The third-order valence-electron chi connectivity index (χ3n) is 6.20. The molecule has 3 aromatic rings. The molecule has 5 nitrogen and oxygen atoms in total. The fourth-order valence-electron chi connectivity index (χ4n) is 4.43. The van der Waals surface area contributed by atoms with Crippen molar-refractivity contribution in [3.8, 4) is 5.88 Å². The van der Waals surface area contributed by atoms with E-state index in [-0.39, 0.29) is 4.47 Å². The van der Waals surface area contributed by atoms with Gasteiger partial charge in [0.05, 0.1) is 28.7 Å². The molecule has 0 spiro atoms. The first kappa shape index (κ1) is 23.0. The molecular formula is C24H26BrF2N3O2. The van der Waals surface area contributed by atoms with Crippen LogP contribution in [0.2, 0.25) is 0 Å². The molecule has 0 amide bonds. The van der Waals surface area contributed by atoms with E-state index in [4.69, 9.17) is 4.74 Å². The Morgan fingerprint density at radius 3 is 2.56 bits per heavy atom. The first-order valence-corrected chi connectivity index (χ1v) is 11.6. The maximum atomic E-state index is 13.7. The highest BCUT2D eigenvalue weighted by molar-refractivity contribution is 9.10. The molecule has 2 heterocycles. The second kappa shape index (κ2) is 10.2. The SMILES string of the molecule is COc1ccc2nccc(C(O)CC3CCC(NCc4cc(F)c(Br)c(F)c4)CC3)c2n1. The number of aliphatic hydroxyl groups excluding tert-OH is 1. The van der Waals surface area contributed by atoms with Crippen molar-refractivity contribution in [2.75, 3.05) is 7.11 Å².